The molecule has 1 saturated carbocycles. The third kappa shape index (κ3) is 3.15. The number of allylic oxidation sites excluding steroid dienone is 1. The SMILES string of the molecule is Nc1ccc(C=O)cc1C1=CCCC(NC(=O)C2CC2)C1. The number of aldehydes is 1. The Hall–Kier alpha value is -2.10. The van der Waals surface area contributed by atoms with Crippen molar-refractivity contribution in [2.75, 3.05) is 5.73 Å². The number of rotatable bonds is 4. The first kappa shape index (κ1) is 13.9. The molecule has 110 valence electrons. The first-order valence-corrected chi connectivity index (χ1v) is 7.52. The maximum absolute atomic E-state index is 11.9. The van der Waals surface area contributed by atoms with Gasteiger partial charge in [-0.15, -0.1) is 0 Å². The summed E-state index contributed by atoms with van der Waals surface area (Å²) >= 11 is 0. The molecule has 1 amide bonds. The van der Waals surface area contributed by atoms with E-state index in [1.165, 1.54) is 0 Å². The van der Waals surface area contributed by atoms with Crippen molar-refractivity contribution in [1.29, 1.82) is 0 Å². The molecule has 4 nitrogen and oxygen atoms in total. The molecule has 0 aliphatic heterocycles. The molecule has 0 spiro atoms. The van der Waals surface area contributed by atoms with E-state index < -0.39 is 0 Å². The van der Waals surface area contributed by atoms with Crippen LogP contribution >= 0.6 is 0 Å². The van der Waals surface area contributed by atoms with Crippen molar-refractivity contribution in [2.24, 2.45) is 5.92 Å². The van der Waals surface area contributed by atoms with E-state index in [9.17, 15) is 9.59 Å². The molecule has 3 rings (SSSR count). The van der Waals surface area contributed by atoms with Gasteiger partial charge in [-0.1, -0.05) is 6.08 Å². The van der Waals surface area contributed by atoms with E-state index in [4.69, 9.17) is 5.73 Å². The van der Waals surface area contributed by atoms with Crippen molar-refractivity contribution in [3.05, 3.63) is 35.4 Å². The van der Waals surface area contributed by atoms with Crippen molar-refractivity contribution in [3.63, 3.8) is 0 Å². The molecule has 0 heterocycles. The highest BCUT2D eigenvalue weighted by Gasteiger charge is 2.31. The van der Waals surface area contributed by atoms with Gasteiger partial charge in [-0.25, -0.2) is 0 Å². The minimum Gasteiger partial charge on any atom is -0.398 e. The van der Waals surface area contributed by atoms with Crippen LogP contribution in [0, 0.1) is 5.92 Å². The van der Waals surface area contributed by atoms with Crippen LogP contribution in [0.3, 0.4) is 0 Å². The van der Waals surface area contributed by atoms with Crippen LogP contribution in [0.15, 0.2) is 24.3 Å². The molecular formula is C17H20N2O2. The maximum atomic E-state index is 11.9. The highest BCUT2D eigenvalue weighted by atomic mass is 16.2. The number of carbonyl (C=O) groups excluding carboxylic acids is 2. The lowest BCUT2D eigenvalue weighted by atomic mass is 9.88. The van der Waals surface area contributed by atoms with Gasteiger partial charge in [0.25, 0.3) is 0 Å². The van der Waals surface area contributed by atoms with Crippen molar-refractivity contribution >= 4 is 23.5 Å². The average molecular weight is 284 g/mol. The summed E-state index contributed by atoms with van der Waals surface area (Å²) in [6.45, 7) is 0. The first-order valence-electron chi connectivity index (χ1n) is 7.52. The fraction of sp³-hybridized carbons (Fsp3) is 0.412. The molecule has 1 aromatic rings. The third-order valence-corrected chi connectivity index (χ3v) is 4.23. The maximum Gasteiger partial charge on any atom is 0.223 e. The van der Waals surface area contributed by atoms with Gasteiger partial charge in [0.2, 0.25) is 5.91 Å². The van der Waals surface area contributed by atoms with Crippen LogP contribution in [0.2, 0.25) is 0 Å². The summed E-state index contributed by atoms with van der Waals surface area (Å²) in [4.78, 5) is 22.8. The molecule has 1 aromatic carbocycles. The Morgan fingerprint density at radius 3 is 2.81 bits per heavy atom. The van der Waals surface area contributed by atoms with Crippen LogP contribution in [0.4, 0.5) is 5.69 Å². The van der Waals surface area contributed by atoms with Gasteiger partial charge >= 0.3 is 0 Å². The Balaban J connectivity index is 1.74. The van der Waals surface area contributed by atoms with Gasteiger partial charge in [0.1, 0.15) is 6.29 Å². The number of amides is 1. The van der Waals surface area contributed by atoms with Gasteiger partial charge in [0.15, 0.2) is 0 Å². The van der Waals surface area contributed by atoms with E-state index in [1.807, 2.05) is 6.07 Å². The molecule has 1 atom stereocenters. The zero-order valence-corrected chi connectivity index (χ0v) is 12.0. The van der Waals surface area contributed by atoms with Crippen molar-refractivity contribution < 1.29 is 9.59 Å². The fourth-order valence-electron chi connectivity index (χ4n) is 2.84. The molecule has 0 radical (unpaired) electrons. The van der Waals surface area contributed by atoms with E-state index in [1.54, 1.807) is 12.1 Å². The van der Waals surface area contributed by atoms with Gasteiger partial charge in [-0.05, 0) is 55.9 Å². The summed E-state index contributed by atoms with van der Waals surface area (Å²) in [6.07, 6.45) is 7.72. The Morgan fingerprint density at radius 1 is 1.29 bits per heavy atom. The number of anilines is 1. The second-order valence-electron chi connectivity index (χ2n) is 5.96. The summed E-state index contributed by atoms with van der Waals surface area (Å²) in [5.41, 5.74) is 9.40. The Bertz CT molecular complexity index is 603. The standard InChI is InChI=1S/C17H20N2O2/c18-16-7-4-11(10-20)8-15(16)13-2-1-3-14(9-13)19-17(21)12-5-6-12/h2,4,7-8,10,12,14H,1,3,5-6,9,18H2,(H,19,21). The second kappa shape index (κ2) is 5.72. The molecule has 2 aliphatic rings. The highest BCUT2D eigenvalue weighted by molar-refractivity contribution is 5.84. The highest BCUT2D eigenvalue weighted by Crippen LogP contribution is 2.33. The van der Waals surface area contributed by atoms with Gasteiger partial charge in [-0.2, -0.15) is 0 Å². The molecule has 21 heavy (non-hydrogen) atoms. The fourth-order valence-corrected chi connectivity index (χ4v) is 2.84. The Labute approximate surface area is 124 Å². The van der Waals surface area contributed by atoms with Crippen LogP contribution in [-0.4, -0.2) is 18.2 Å². The van der Waals surface area contributed by atoms with Crippen molar-refractivity contribution in [1.82, 2.24) is 5.32 Å². The minimum atomic E-state index is 0.178. The number of hydrogen-bond donors (Lipinski definition) is 2. The van der Waals surface area contributed by atoms with Crippen LogP contribution in [0.1, 0.15) is 48.0 Å². The van der Waals surface area contributed by atoms with E-state index >= 15 is 0 Å². The molecule has 0 saturated heterocycles. The van der Waals surface area contributed by atoms with E-state index in [0.29, 0.717) is 11.3 Å². The van der Waals surface area contributed by atoms with Crippen LogP contribution in [-0.2, 0) is 4.79 Å². The molecule has 2 aliphatic carbocycles. The number of nitrogens with two attached hydrogens (primary N) is 1. The predicted molar refractivity (Wildman–Crippen MR) is 82.7 cm³/mol. The number of benzene rings is 1. The van der Waals surface area contributed by atoms with Crippen LogP contribution in [0.25, 0.3) is 5.57 Å². The van der Waals surface area contributed by atoms with Crippen LogP contribution in [0.5, 0.6) is 0 Å². The lowest BCUT2D eigenvalue weighted by molar-refractivity contribution is -0.123. The monoisotopic (exact) mass is 284 g/mol. The quantitative estimate of drug-likeness (QED) is 0.659. The smallest absolute Gasteiger partial charge is 0.223 e. The molecule has 1 fully saturated rings. The Morgan fingerprint density at radius 2 is 2.10 bits per heavy atom. The normalized spacial score (nSPS) is 21.5. The average Bonchev–Trinajstić information content (AvgIpc) is 3.33. The lowest BCUT2D eigenvalue weighted by Gasteiger charge is -2.25. The molecule has 1 unspecified atom stereocenters. The summed E-state index contributed by atoms with van der Waals surface area (Å²) < 4.78 is 0. The van der Waals surface area contributed by atoms with Crippen LogP contribution < -0.4 is 11.1 Å². The second-order valence-corrected chi connectivity index (χ2v) is 5.96. The predicted octanol–water partition coefficient (Wildman–Crippen LogP) is 2.54. The zero-order valence-electron chi connectivity index (χ0n) is 12.0. The molecule has 0 aromatic heterocycles. The first-order chi connectivity index (χ1) is 10.2. The summed E-state index contributed by atoms with van der Waals surface area (Å²) in [7, 11) is 0. The van der Waals surface area contributed by atoms with Gasteiger partial charge in [0.05, 0.1) is 0 Å². The lowest BCUT2D eigenvalue weighted by Crippen LogP contribution is -2.37. The Kier molecular flexibility index (Phi) is 3.78. The largest absolute Gasteiger partial charge is 0.398 e. The topological polar surface area (TPSA) is 72.2 Å². The molecule has 3 N–H and O–H groups in total. The van der Waals surface area contributed by atoms with E-state index in [0.717, 1.165) is 49.5 Å². The number of carbonyl (C=O) groups is 2. The summed E-state index contributed by atoms with van der Waals surface area (Å²) in [5.74, 6) is 0.429. The van der Waals surface area contributed by atoms with Gasteiger partial charge in [0, 0.05) is 28.8 Å². The zero-order chi connectivity index (χ0) is 14.8. The van der Waals surface area contributed by atoms with Gasteiger partial charge in [-0.3, -0.25) is 9.59 Å². The summed E-state index contributed by atoms with van der Waals surface area (Å²) in [5, 5.41) is 3.14. The third-order valence-electron chi connectivity index (χ3n) is 4.23. The van der Waals surface area contributed by atoms with E-state index in [-0.39, 0.29) is 17.9 Å². The number of nitrogen functional groups attached to an aromatic ring is 1. The minimum absolute atomic E-state index is 0.178. The van der Waals surface area contributed by atoms with Gasteiger partial charge < -0.3 is 11.1 Å². The number of nitrogens with one attached hydrogen (secondary N) is 1. The molecule has 0 bridgehead atoms. The van der Waals surface area contributed by atoms with Crippen molar-refractivity contribution in [2.45, 2.75) is 38.1 Å². The van der Waals surface area contributed by atoms with Crippen molar-refractivity contribution in [3.8, 4) is 0 Å². The summed E-state index contributed by atoms with van der Waals surface area (Å²) in [6, 6.07) is 5.50. The molecular weight excluding hydrogens is 264 g/mol. The van der Waals surface area contributed by atoms with E-state index in [2.05, 4.69) is 11.4 Å². The number of hydrogen-bond acceptors (Lipinski definition) is 3. The molecule has 4 heteroatoms.